The van der Waals surface area contributed by atoms with Gasteiger partial charge in [0, 0.05) is 23.6 Å². The standard InChI is InChI=1S/C26H22ClFN2O3/c27-17-12-21-19(22(28)13-17)8-9-23(21)30(14-16-4-1-2-6-18(16)25(29)31)26(32)20-7-3-5-15-10-11-33-24(15)20/h1-7,12-13,23H,8-11,14H2,(H2,29,31)/t23-/m1/s1. The number of nitrogens with two attached hydrogens (primary N) is 1. The highest BCUT2D eigenvalue weighted by atomic mass is 35.5. The third kappa shape index (κ3) is 3.85. The van der Waals surface area contributed by atoms with E-state index in [9.17, 15) is 14.0 Å². The molecule has 7 heteroatoms. The van der Waals surface area contributed by atoms with Crippen molar-refractivity contribution in [3.8, 4) is 5.75 Å². The van der Waals surface area contributed by atoms with Gasteiger partial charge in [-0.2, -0.15) is 0 Å². The summed E-state index contributed by atoms with van der Waals surface area (Å²) in [6.07, 6.45) is 1.79. The van der Waals surface area contributed by atoms with Gasteiger partial charge in [0.05, 0.1) is 18.2 Å². The van der Waals surface area contributed by atoms with Crippen molar-refractivity contribution in [2.24, 2.45) is 5.73 Å². The Morgan fingerprint density at radius 2 is 1.88 bits per heavy atom. The minimum atomic E-state index is -0.567. The molecule has 3 aromatic carbocycles. The molecule has 2 amide bonds. The molecule has 0 unspecified atom stereocenters. The number of nitrogens with zero attached hydrogens (tertiary/aromatic N) is 1. The average Bonchev–Trinajstić information content (AvgIpc) is 3.44. The van der Waals surface area contributed by atoms with E-state index in [4.69, 9.17) is 22.1 Å². The Labute approximate surface area is 195 Å². The zero-order valence-electron chi connectivity index (χ0n) is 17.8. The van der Waals surface area contributed by atoms with Crippen molar-refractivity contribution in [1.82, 2.24) is 4.90 Å². The lowest BCUT2D eigenvalue weighted by Crippen LogP contribution is -2.34. The zero-order chi connectivity index (χ0) is 23.1. The Hall–Kier alpha value is -3.38. The number of hydrogen-bond acceptors (Lipinski definition) is 3. The van der Waals surface area contributed by atoms with E-state index in [1.165, 1.54) is 6.07 Å². The molecule has 0 spiro atoms. The largest absolute Gasteiger partial charge is 0.492 e. The van der Waals surface area contributed by atoms with Crippen molar-refractivity contribution in [2.45, 2.75) is 31.8 Å². The van der Waals surface area contributed by atoms with E-state index in [2.05, 4.69) is 0 Å². The number of carbonyl (C=O) groups is 2. The average molecular weight is 465 g/mol. The lowest BCUT2D eigenvalue weighted by molar-refractivity contribution is 0.0652. The summed E-state index contributed by atoms with van der Waals surface area (Å²) in [4.78, 5) is 27.7. The first-order valence-electron chi connectivity index (χ1n) is 10.8. The summed E-state index contributed by atoms with van der Waals surface area (Å²) in [7, 11) is 0. The molecule has 2 aliphatic rings. The van der Waals surface area contributed by atoms with Gasteiger partial charge in [0.25, 0.3) is 5.91 Å². The third-order valence-corrected chi connectivity index (χ3v) is 6.65. The van der Waals surface area contributed by atoms with Crippen molar-refractivity contribution in [3.05, 3.63) is 98.8 Å². The number of primary amides is 1. The highest BCUT2D eigenvalue weighted by molar-refractivity contribution is 6.30. The van der Waals surface area contributed by atoms with Crippen LogP contribution < -0.4 is 10.5 Å². The first kappa shape index (κ1) is 21.5. The zero-order valence-corrected chi connectivity index (χ0v) is 18.6. The van der Waals surface area contributed by atoms with Crippen LogP contribution in [0.3, 0.4) is 0 Å². The first-order valence-corrected chi connectivity index (χ1v) is 11.2. The van der Waals surface area contributed by atoms with Gasteiger partial charge >= 0.3 is 0 Å². The van der Waals surface area contributed by atoms with Gasteiger partial charge in [0.15, 0.2) is 0 Å². The summed E-state index contributed by atoms with van der Waals surface area (Å²) in [5, 5.41) is 0.284. The second-order valence-electron chi connectivity index (χ2n) is 8.36. The van der Waals surface area contributed by atoms with E-state index in [1.54, 1.807) is 41.3 Å². The Kier molecular flexibility index (Phi) is 5.54. The van der Waals surface area contributed by atoms with E-state index in [-0.39, 0.29) is 23.3 Å². The van der Waals surface area contributed by atoms with Crippen LogP contribution in [-0.2, 0) is 19.4 Å². The van der Waals surface area contributed by atoms with Crippen molar-refractivity contribution >= 4 is 23.4 Å². The fourth-order valence-corrected chi connectivity index (χ4v) is 5.10. The summed E-state index contributed by atoms with van der Waals surface area (Å²) < 4.78 is 20.4. The number of carbonyl (C=O) groups excluding carboxylic acids is 2. The van der Waals surface area contributed by atoms with E-state index in [1.807, 2.05) is 12.1 Å². The van der Waals surface area contributed by atoms with Crippen LogP contribution in [0.2, 0.25) is 5.02 Å². The van der Waals surface area contributed by atoms with Gasteiger partial charge in [-0.05, 0) is 59.4 Å². The Balaban J connectivity index is 1.61. The maximum Gasteiger partial charge on any atom is 0.258 e. The van der Waals surface area contributed by atoms with E-state index < -0.39 is 11.9 Å². The quantitative estimate of drug-likeness (QED) is 0.587. The summed E-state index contributed by atoms with van der Waals surface area (Å²) in [5.74, 6) is -0.589. The van der Waals surface area contributed by atoms with Crippen LogP contribution in [-0.4, -0.2) is 23.3 Å². The summed E-state index contributed by atoms with van der Waals surface area (Å²) in [6.45, 7) is 0.664. The number of fused-ring (bicyclic) bond motifs is 2. The lowest BCUT2D eigenvalue weighted by atomic mass is 10.0. The Morgan fingerprint density at radius 3 is 2.70 bits per heavy atom. The molecule has 1 aliphatic heterocycles. The number of amides is 2. The molecule has 33 heavy (non-hydrogen) atoms. The molecule has 2 N–H and O–H groups in total. The molecule has 0 bridgehead atoms. The van der Waals surface area contributed by atoms with Crippen molar-refractivity contribution in [1.29, 1.82) is 0 Å². The second-order valence-corrected chi connectivity index (χ2v) is 8.79. The number of para-hydroxylation sites is 1. The molecule has 168 valence electrons. The van der Waals surface area contributed by atoms with Crippen LogP contribution in [0.5, 0.6) is 5.75 Å². The molecule has 1 atom stereocenters. The van der Waals surface area contributed by atoms with Gasteiger partial charge in [-0.15, -0.1) is 0 Å². The molecule has 0 fully saturated rings. The van der Waals surface area contributed by atoms with Gasteiger partial charge in [-0.3, -0.25) is 9.59 Å². The summed E-state index contributed by atoms with van der Waals surface area (Å²) in [5.41, 5.74) is 9.27. The molecule has 0 saturated carbocycles. The van der Waals surface area contributed by atoms with Crippen LogP contribution in [0.1, 0.15) is 55.4 Å². The first-order chi connectivity index (χ1) is 15.9. The SMILES string of the molecule is NC(=O)c1ccccc1CN(C(=O)c1cccc2c1OCC2)[C@@H]1CCc2c(F)cc(Cl)cc21. The number of halogens is 2. The Morgan fingerprint density at radius 1 is 1.09 bits per heavy atom. The number of hydrogen-bond donors (Lipinski definition) is 1. The Bertz CT molecular complexity index is 1280. The van der Waals surface area contributed by atoms with Gasteiger partial charge in [-0.1, -0.05) is 41.9 Å². The van der Waals surface area contributed by atoms with Gasteiger partial charge in [0.1, 0.15) is 11.6 Å². The van der Waals surface area contributed by atoms with Gasteiger partial charge in [0.2, 0.25) is 5.91 Å². The molecule has 0 saturated heterocycles. The summed E-state index contributed by atoms with van der Waals surface area (Å²) >= 11 is 6.17. The van der Waals surface area contributed by atoms with E-state index in [0.717, 1.165) is 12.0 Å². The molecule has 1 heterocycles. The van der Waals surface area contributed by atoms with Crippen LogP contribution in [0.15, 0.2) is 54.6 Å². The highest BCUT2D eigenvalue weighted by Gasteiger charge is 2.35. The topological polar surface area (TPSA) is 72.6 Å². The minimum absolute atomic E-state index is 0.139. The fourth-order valence-electron chi connectivity index (χ4n) is 4.89. The smallest absolute Gasteiger partial charge is 0.258 e. The van der Waals surface area contributed by atoms with E-state index >= 15 is 0 Å². The maximum absolute atomic E-state index is 14.6. The molecular weight excluding hydrogens is 443 g/mol. The van der Waals surface area contributed by atoms with Crippen LogP contribution in [0, 0.1) is 5.82 Å². The molecule has 3 aromatic rings. The number of ether oxygens (including phenoxy) is 1. The van der Waals surface area contributed by atoms with Crippen LogP contribution in [0.4, 0.5) is 4.39 Å². The van der Waals surface area contributed by atoms with Crippen molar-refractivity contribution < 1.29 is 18.7 Å². The third-order valence-electron chi connectivity index (χ3n) is 6.43. The molecule has 5 nitrogen and oxygen atoms in total. The number of benzene rings is 3. The van der Waals surface area contributed by atoms with Gasteiger partial charge in [-0.25, -0.2) is 4.39 Å². The second kappa shape index (κ2) is 8.52. The van der Waals surface area contributed by atoms with Crippen LogP contribution in [0.25, 0.3) is 0 Å². The monoisotopic (exact) mass is 464 g/mol. The predicted octanol–water partition coefficient (Wildman–Crippen LogP) is 4.84. The normalized spacial score (nSPS) is 16.1. The summed E-state index contributed by atoms with van der Waals surface area (Å²) in [6, 6.07) is 15.1. The molecule has 5 rings (SSSR count). The van der Waals surface area contributed by atoms with E-state index in [0.29, 0.717) is 53.0 Å². The molecule has 1 aliphatic carbocycles. The number of rotatable bonds is 5. The molecule has 0 aromatic heterocycles. The predicted molar refractivity (Wildman–Crippen MR) is 123 cm³/mol. The lowest BCUT2D eigenvalue weighted by Gasteiger charge is -2.31. The van der Waals surface area contributed by atoms with Crippen molar-refractivity contribution in [3.63, 3.8) is 0 Å². The fraction of sp³-hybridized carbons (Fsp3) is 0.231. The van der Waals surface area contributed by atoms with Gasteiger partial charge < -0.3 is 15.4 Å². The maximum atomic E-state index is 14.6. The highest BCUT2D eigenvalue weighted by Crippen LogP contribution is 2.41. The van der Waals surface area contributed by atoms with Crippen LogP contribution >= 0.6 is 11.6 Å². The minimum Gasteiger partial charge on any atom is -0.492 e. The molecular formula is C26H22ClFN2O3. The van der Waals surface area contributed by atoms with Crippen molar-refractivity contribution in [2.75, 3.05) is 6.61 Å². The molecule has 0 radical (unpaired) electrons.